The second kappa shape index (κ2) is 8.27. The van der Waals surface area contributed by atoms with Gasteiger partial charge in [0.15, 0.2) is 0 Å². The fourth-order valence-electron chi connectivity index (χ4n) is 3.75. The minimum atomic E-state index is -0.455. The van der Waals surface area contributed by atoms with Gasteiger partial charge in [-0.1, -0.05) is 18.2 Å². The Balaban J connectivity index is 1.48. The van der Waals surface area contributed by atoms with Gasteiger partial charge in [-0.3, -0.25) is 14.4 Å². The Bertz CT molecular complexity index is 1100. The molecule has 0 saturated carbocycles. The highest BCUT2D eigenvalue weighted by atomic mass is 32.1. The van der Waals surface area contributed by atoms with Crippen LogP contribution in [-0.4, -0.2) is 58.6 Å². The molecule has 1 aliphatic heterocycles. The average Bonchev–Trinajstić information content (AvgIpc) is 3.48. The molecule has 1 saturated heterocycles. The van der Waals surface area contributed by atoms with E-state index in [2.05, 4.69) is 15.7 Å². The van der Waals surface area contributed by atoms with Crippen LogP contribution in [0.15, 0.2) is 36.4 Å². The second-order valence-electron chi connectivity index (χ2n) is 7.20. The summed E-state index contributed by atoms with van der Waals surface area (Å²) < 4.78 is 1.83. The third-order valence-corrected chi connectivity index (χ3v) is 6.40. The minimum absolute atomic E-state index is 0.135. The molecule has 4 rings (SSSR count). The topological polar surface area (TPSA) is 96.3 Å². The number of carbonyl (C=O) groups is 3. The lowest BCUT2D eigenvalue weighted by atomic mass is 10.2. The van der Waals surface area contributed by atoms with E-state index in [9.17, 15) is 14.4 Å². The molecular formula is C21H23N5O3S. The van der Waals surface area contributed by atoms with Crippen LogP contribution in [0.5, 0.6) is 0 Å². The number of benzene rings is 1. The number of likely N-dealkylation sites (N-methyl/N-ethyl adjacent to an activating group) is 1. The summed E-state index contributed by atoms with van der Waals surface area (Å²) in [5.41, 5.74) is 1.76. The van der Waals surface area contributed by atoms with Crippen LogP contribution in [0.1, 0.15) is 28.2 Å². The summed E-state index contributed by atoms with van der Waals surface area (Å²) in [6, 6.07) is 11.1. The van der Waals surface area contributed by atoms with Crippen molar-refractivity contribution in [3.8, 4) is 5.69 Å². The van der Waals surface area contributed by atoms with Gasteiger partial charge in [0.25, 0.3) is 5.91 Å². The van der Waals surface area contributed by atoms with Crippen LogP contribution in [0.4, 0.5) is 0 Å². The highest BCUT2D eigenvalue weighted by Crippen LogP contribution is 2.30. The van der Waals surface area contributed by atoms with Crippen LogP contribution >= 0.6 is 11.3 Å². The lowest BCUT2D eigenvalue weighted by Gasteiger charge is -2.23. The van der Waals surface area contributed by atoms with E-state index in [1.807, 2.05) is 48.0 Å². The van der Waals surface area contributed by atoms with Crippen molar-refractivity contribution in [3.63, 3.8) is 0 Å². The highest BCUT2D eigenvalue weighted by molar-refractivity contribution is 7.20. The van der Waals surface area contributed by atoms with E-state index in [1.54, 1.807) is 11.9 Å². The summed E-state index contributed by atoms with van der Waals surface area (Å²) in [7, 11) is 1.56. The van der Waals surface area contributed by atoms with Gasteiger partial charge in [0.1, 0.15) is 10.9 Å². The predicted octanol–water partition coefficient (Wildman–Crippen LogP) is 1.86. The number of carbonyl (C=O) groups excluding carboxylic acids is 3. The predicted molar refractivity (Wildman–Crippen MR) is 115 cm³/mol. The van der Waals surface area contributed by atoms with Crippen molar-refractivity contribution in [2.75, 3.05) is 20.1 Å². The summed E-state index contributed by atoms with van der Waals surface area (Å²) in [5.74, 6) is -0.723. The van der Waals surface area contributed by atoms with Gasteiger partial charge in [-0.05, 0) is 38.0 Å². The molecular weight excluding hydrogens is 402 g/mol. The van der Waals surface area contributed by atoms with Gasteiger partial charge < -0.3 is 15.5 Å². The molecule has 0 bridgehead atoms. The molecule has 3 heterocycles. The lowest BCUT2D eigenvalue weighted by molar-refractivity contribution is -0.137. The Kier molecular flexibility index (Phi) is 5.54. The monoisotopic (exact) mass is 425 g/mol. The van der Waals surface area contributed by atoms with Crippen molar-refractivity contribution in [1.82, 2.24) is 25.3 Å². The van der Waals surface area contributed by atoms with E-state index in [0.29, 0.717) is 17.8 Å². The van der Waals surface area contributed by atoms with Crippen LogP contribution in [0, 0.1) is 6.92 Å². The molecule has 1 aliphatic rings. The number of fused-ring (bicyclic) bond motifs is 1. The normalized spacial score (nSPS) is 16.1. The molecule has 3 amide bonds. The summed E-state index contributed by atoms with van der Waals surface area (Å²) in [4.78, 5) is 40.1. The van der Waals surface area contributed by atoms with Gasteiger partial charge in [-0.25, -0.2) is 4.68 Å². The number of hydrogen-bond donors (Lipinski definition) is 2. The highest BCUT2D eigenvalue weighted by Gasteiger charge is 2.33. The van der Waals surface area contributed by atoms with Crippen LogP contribution in [0.25, 0.3) is 15.9 Å². The van der Waals surface area contributed by atoms with Gasteiger partial charge in [-0.2, -0.15) is 5.10 Å². The zero-order chi connectivity index (χ0) is 21.3. The number of aryl methyl sites for hydroxylation is 1. The average molecular weight is 426 g/mol. The van der Waals surface area contributed by atoms with E-state index >= 15 is 0 Å². The van der Waals surface area contributed by atoms with Gasteiger partial charge in [0.05, 0.1) is 22.8 Å². The van der Waals surface area contributed by atoms with Gasteiger partial charge in [0.2, 0.25) is 11.8 Å². The van der Waals surface area contributed by atoms with E-state index in [1.165, 1.54) is 11.3 Å². The Morgan fingerprint density at radius 2 is 2.00 bits per heavy atom. The molecule has 1 unspecified atom stereocenters. The molecule has 0 radical (unpaired) electrons. The first-order chi connectivity index (χ1) is 14.5. The number of nitrogens with zero attached hydrogens (tertiary/aromatic N) is 3. The molecule has 30 heavy (non-hydrogen) atoms. The molecule has 8 nitrogen and oxygen atoms in total. The summed E-state index contributed by atoms with van der Waals surface area (Å²) >= 11 is 1.34. The summed E-state index contributed by atoms with van der Waals surface area (Å²) in [6.45, 7) is 2.30. The van der Waals surface area contributed by atoms with Crippen molar-refractivity contribution in [2.45, 2.75) is 25.8 Å². The fourth-order valence-corrected chi connectivity index (χ4v) is 4.85. The van der Waals surface area contributed by atoms with Crippen molar-refractivity contribution in [3.05, 3.63) is 47.0 Å². The number of thiophene rings is 1. The standard InChI is InChI=1S/C21H23N5O3S/c1-13-15-11-17(30-21(15)26(24-13)14-7-4-3-5-8-14)20(29)23-12-18(27)25-10-6-9-16(25)19(28)22-2/h3-5,7-8,11,16H,6,9-10,12H2,1-2H3,(H,22,28)(H,23,29). The van der Waals surface area contributed by atoms with E-state index in [-0.39, 0.29) is 24.3 Å². The van der Waals surface area contributed by atoms with E-state index in [0.717, 1.165) is 28.0 Å². The van der Waals surface area contributed by atoms with Gasteiger partial charge in [-0.15, -0.1) is 11.3 Å². The number of likely N-dealkylation sites (tertiary alicyclic amines) is 1. The zero-order valence-electron chi connectivity index (χ0n) is 16.8. The summed E-state index contributed by atoms with van der Waals surface area (Å²) in [5, 5.41) is 10.8. The van der Waals surface area contributed by atoms with Gasteiger partial charge in [0, 0.05) is 19.0 Å². The van der Waals surface area contributed by atoms with Crippen molar-refractivity contribution < 1.29 is 14.4 Å². The maximum absolute atomic E-state index is 12.7. The largest absolute Gasteiger partial charge is 0.357 e. The quantitative estimate of drug-likeness (QED) is 0.652. The molecule has 9 heteroatoms. The fraction of sp³-hybridized carbons (Fsp3) is 0.333. The SMILES string of the molecule is CNC(=O)C1CCCN1C(=O)CNC(=O)c1cc2c(C)nn(-c3ccccc3)c2s1. The van der Waals surface area contributed by atoms with Crippen LogP contribution in [0.2, 0.25) is 0 Å². The second-order valence-corrected chi connectivity index (χ2v) is 8.23. The number of nitrogens with one attached hydrogen (secondary N) is 2. The first-order valence-corrected chi connectivity index (χ1v) is 10.6. The van der Waals surface area contributed by atoms with E-state index in [4.69, 9.17) is 0 Å². The number of aromatic nitrogens is 2. The van der Waals surface area contributed by atoms with Crippen molar-refractivity contribution in [1.29, 1.82) is 0 Å². The smallest absolute Gasteiger partial charge is 0.261 e. The Morgan fingerprint density at radius 1 is 1.23 bits per heavy atom. The van der Waals surface area contributed by atoms with Crippen molar-refractivity contribution in [2.24, 2.45) is 0 Å². The molecule has 3 aromatic rings. The maximum Gasteiger partial charge on any atom is 0.261 e. The number of para-hydroxylation sites is 1. The molecule has 1 fully saturated rings. The first kappa shape index (κ1) is 20.1. The lowest BCUT2D eigenvalue weighted by Crippen LogP contribution is -2.48. The first-order valence-electron chi connectivity index (χ1n) is 9.83. The Labute approximate surface area is 177 Å². The van der Waals surface area contributed by atoms with Crippen molar-refractivity contribution >= 4 is 39.3 Å². The molecule has 156 valence electrons. The zero-order valence-corrected chi connectivity index (χ0v) is 17.7. The molecule has 2 aromatic heterocycles. The minimum Gasteiger partial charge on any atom is -0.357 e. The third kappa shape index (κ3) is 3.68. The number of hydrogen-bond acceptors (Lipinski definition) is 5. The third-order valence-electron chi connectivity index (χ3n) is 5.29. The maximum atomic E-state index is 12.7. The van der Waals surface area contributed by atoms with Gasteiger partial charge >= 0.3 is 0 Å². The Hall–Kier alpha value is -3.20. The number of rotatable bonds is 5. The molecule has 0 aliphatic carbocycles. The van der Waals surface area contributed by atoms with Crippen LogP contribution in [0.3, 0.4) is 0 Å². The Morgan fingerprint density at radius 3 is 2.73 bits per heavy atom. The van der Waals surface area contributed by atoms with Crippen LogP contribution in [-0.2, 0) is 9.59 Å². The van der Waals surface area contributed by atoms with E-state index < -0.39 is 6.04 Å². The molecule has 0 spiro atoms. The summed E-state index contributed by atoms with van der Waals surface area (Å²) in [6.07, 6.45) is 1.42. The van der Waals surface area contributed by atoms with Crippen LogP contribution < -0.4 is 10.6 Å². The molecule has 1 aromatic carbocycles. The molecule has 1 atom stereocenters. The molecule has 2 N–H and O–H groups in total. The number of amides is 3.